The lowest BCUT2D eigenvalue weighted by Gasteiger charge is -2.21. The number of rotatable bonds is 6. The van der Waals surface area contributed by atoms with Crippen LogP contribution in [0.3, 0.4) is 0 Å². The predicted octanol–water partition coefficient (Wildman–Crippen LogP) is 2.09. The Labute approximate surface area is 127 Å². The summed E-state index contributed by atoms with van der Waals surface area (Å²) in [4.78, 5) is 6.29. The Balaban J connectivity index is 1.67. The summed E-state index contributed by atoms with van der Waals surface area (Å²) >= 11 is 1.95. The number of benzene rings is 1. The van der Waals surface area contributed by atoms with Crippen molar-refractivity contribution in [1.82, 2.24) is 9.80 Å². The third-order valence-electron chi connectivity index (χ3n) is 3.79. The van der Waals surface area contributed by atoms with Crippen molar-refractivity contribution >= 4 is 11.8 Å². The van der Waals surface area contributed by atoms with Crippen molar-refractivity contribution in [3.8, 4) is 0 Å². The largest absolute Gasteiger partial charge is 0.395 e. The van der Waals surface area contributed by atoms with Gasteiger partial charge in [0.05, 0.1) is 6.61 Å². The van der Waals surface area contributed by atoms with Crippen LogP contribution in [-0.4, -0.2) is 66.5 Å². The summed E-state index contributed by atoms with van der Waals surface area (Å²) in [7, 11) is 0. The summed E-state index contributed by atoms with van der Waals surface area (Å²) in [5, 5.41) is 9.00. The summed E-state index contributed by atoms with van der Waals surface area (Å²) in [5.41, 5.74) is 1.32. The first-order valence-corrected chi connectivity index (χ1v) is 8.51. The van der Waals surface area contributed by atoms with Crippen LogP contribution in [0.25, 0.3) is 0 Å². The van der Waals surface area contributed by atoms with E-state index in [4.69, 9.17) is 5.11 Å². The van der Waals surface area contributed by atoms with Crippen LogP contribution in [0.2, 0.25) is 0 Å². The molecule has 0 atom stereocenters. The molecule has 2 rings (SSSR count). The molecule has 1 N–H and O–H groups in total. The zero-order valence-electron chi connectivity index (χ0n) is 12.4. The van der Waals surface area contributed by atoms with E-state index in [1.54, 1.807) is 0 Å². The summed E-state index contributed by atoms with van der Waals surface area (Å²) < 4.78 is 0. The summed E-state index contributed by atoms with van der Waals surface area (Å²) in [6.45, 7) is 8.94. The third-order valence-corrected chi connectivity index (χ3v) is 4.79. The maximum atomic E-state index is 9.00. The summed E-state index contributed by atoms with van der Waals surface area (Å²) in [6, 6.07) is 8.79. The van der Waals surface area contributed by atoms with Crippen molar-refractivity contribution in [3.05, 3.63) is 29.8 Å². The molecule has 0 saturated carbocycles. The Morgan fingerprint density at radius 3 is 2.30 bits per heavy atom. The molecule has 0 aliphatic carbocycles. The lowest BCUT2D eigenvalue weighted by Crippen LogP contribution is -2.33. The zero-order chi connectivity index (χ0) is 14.2. The Morgan fingerprint density at radius 2 is 1.65 bits per heavy atom. The molecule has 0 bridgehead atoms. The van der Waals surface area contributed by atoms with Gasteiger partial charge in [0.2, 0.25) is 0 Å². The SMILES string of the molecule is Cc1ccc(SCCN2CCCN(CCO)CC2)cc1. The van der Waals surface area contributed by atoms with Gasteiger partial charge in [-0.2, -0.15) is 0 Å². The van der Waals surface area contributed by atoms with Gasteiger partial charge in [0.1, 0.15) is 0 Å². The molecule has 1 heterocycles. The van der Waals surface area contributed by atoms with Gasteiger partial charge in [-0.25, -0.2) is 0 Å². The molecule has 1 fully saturated rings. The topological polar surface area (TPSA) is 26.7 Å². The standard InChI is InChI=1S/C16H26N2OS/c1-15-3-5-16(6-4-15)20-14-12-18-8-2-7-17(9-10-18)11-13-19/h3-6,19H,2,7-14H2,1H3. The first-order chi connectivity index (χ1) is 9.78. The molecule has 112 valence electrons. The van der Waals surface area contributed by atoms with E-state index >= 15 is 0 Å². The van der Waals surface area contributed by atoms with Crippen molar-refractivity contribution < 1.29 is 5.11 Å². The molecule has 1 saturated heterocycles. The maximum absolute atomic E-state index is 9.00. The fraction of sp³-hybridized carbons (Fsp3) is 0.625. The van der Waals surface area contributed by atoms with Gasteiger partial charge in [-0.1, -0.05) is 17.7 Å². The molecule has 1 aliphatic rings. The van der Waals surface area contributed by atoms with Crippen molar-refractivity contribution in [3.63, 3.8) is 0 Å². The molecule has 0 aromatic heterocycles. The normalized spacial score (nSPS) is 18.1. The van der Waals surface area contributed by atoms with Crippen LogP contribution in [0.15, 0.2) is 29.2 Å². The van der Waals surface area contributed by atoms with E-state index in [1.165, 1.54) is 23.4 Å². The highest BCUT2D eigenvalue weighted by molar-refractivity contribution is 7.99. The Hall–Kier alpha value is -0.550. The van der Waals surface area contributed by atoms with Gasteiger partial charge in [-0.05, 0) is 38.6 Å². The van der Waals surface area contributed by atoms with Crippen molar-refractivity contribution in [2.45, 2.75) is 18.2 Å². The van der Waals surface area contributed by atoms with Crippen LogP contribution >= 0.6 is 11.8 Å². The average molecular weight is 294 g/mol. The second-order valence-electron chi connectivity index (χ2n) is 5.42. The minimum atomic E-state index is 0.281. The number of β-amino-alcohol motifs (C(OH)–C–C–N with tert-alkyl or cyclic N) is 1. The van der Waals surface area contributed by atoms with E-state index in [0.717, 1.165) is 38.5 Å². The fourth-order valence-electron chi connectivity index (χ4n) is 2.54. The maximum Gasteiger partial charge on any atom is 0.0558 e. The molecule has 20 heavy (non-hydrogen) atoms. The Kier molecular flexibility index (Phi) is 6.87. The summed E-state index contributed by atoms with van der Waals surface area (Å²) in [5.74, 6) is 1.16. The van der Waals surface area contributed by atoms with Gasteiger partial charge >= 0.3 is 0 Å². The van der Waals surface area contributed by atoms with Gasteiger partial charge in [0.15, 0.2) is 0 Å². The number of aliphatic hydroxyl groups excluding tert-OH is 1. The van der Waals surface area contributed by atoms with E-state index in [0.29, 0.717) is 0 Å². The predicted molar refractivity (Wildman–Crippen MR) is 86.5 cm³/mol. The number of aryl methyl sites for hydroxylation is 1. The Bertz CT molecular complexity index is 383. The third kappa shape index (κ3) is 5.44. The molecule has 1 aromatic carbocycles. The fourth-order valence-corrected chi connectivity index (χ4v) is 3.45. The van der Waals surface area contributed by atoms with E-state index < -0.39 is 0 Å². The highest BCUT2D eigenvalue weighted by Crippen LogP contribution is 2.18. The molecule has 4 heteroatoms. The number of aliphatic hydroxyl groups is 1. The van der Waals surface area contributed by atoms with Crippen LogP contribution in [0.1, 0.15) is 12.0 Å². The van der Waals surface area contributed by atoms with Gasteiger partial charge in [-0.3, -0.25) is 4.90 Å². The van der Waals surface area contributed by atoms with E-state index in [2.05, 4.69) is 41.0 Å². The number of hydrogen-bond donors (Lipinski definition) is 1. The van der Waals surface area contributed by atoms with Crippen LogP contribution in [0.4, 0.5) is 0 Å². The smallest absolute Gasteiger partial charge is 0.0558 e. The highest BCUT2D eigenvalue weighted by atomic mass is 32.2. The number of hydrogen-bond acceptors (Lipinski definition) is 4. The minimum Gasteiger partial charge on any atom is -0.395 e. The van der Waals surface area contributed by atoms with Crippen LogP contribution < -0.4 is 0 Å². The molecular weight excluding hydrogens is 268 g/mol. The summed E-state index contributed by atoms with van der Waals surface area (Å²) in [6.07, 6.45) is 1.22. The molecule has 1 aliphatic heterocycles. The molecule has 3 nitrogen and oxygen atoms in total. The van der Waals surface area contributed by atoms with Crippen molar-refractivity contribution in [2.24, 2.45) is 0 Å². The van der Waals surface area contributed by atoms with Gasteiger partial charge in [0.25, 0.3) is 0 Å². The van der Waals surface area contributed by atoms with Gasteiger partial charge in [-0.15, -0.1) is 11.8 Å². The van der Waals surface area contributed by atoms with Crippen LogP contribution in [0, 0.1) is 6.92 Å². The molecule has 0 radical (unpaired) electrons. The highest BCUT2D eigenvalue weighted by Gasteiger charge is 2.13. The molecule has 1 aromatic rings. The quantitative estimate of drug-likeness (QED) is 0.813. The van der Waals surface area contributed by atoms with E-state index in [9.17, 15) is 0 Å². The van der Waals surface area contributed by atoms with Crippen LogP contribution in [0.5, 0.6) is 0 Å². The van der Waals surface area contributed by atoms with Crippen LogP contribution in [-0.2, 0) is 0 Å². The van der Waals surface area contributed by atoms with E-state index in [1.807, 2.05) is 11.8 Å². The molecule has 0 spiro atoms. The molecule has 0 amide bonds. The second-order valence-corrected chi connectivity index (χ2v) is 6.59. The monoisotopic (exact) mass is 294 g/mol. The zero-order valence-corrected chi connectivity index (χ0v) is 13.2. The Morgan fingerprint density at radius 1 is 1.00 bits per heavy atom. The minimum absolute atomic E-state index is 0.281. The number of thioether (sulfide) groups is 1. The first-order valence-electron chi connectivity index (χ1n) is 7.53. The molecule has 0 unspecified atom stereocenters. The molecular formula is C16H26N2OS. The average Bonchev–Trinajstić information content (AvgIpc) is 2.67. The van der Waals surface area contributed by atoms with Crippen molar-refractivity contribution in [1.29, 1.82) is 0 Å². The second kappa shape index (κ2) is 8.67. The lowest BCUT2D eigenvalue weighted by molar-refractivity contribution is 0.198. The lowest BCUT2D eigenvalue weighted by atomic mass is 10.2. The van der Waals surface area contributed by atoms with Gasteiger partial charge in [0, 0.05) is 36.8 Å². The van der Waals surface area contributed by atoms with Gasteiger partial charge < -0.3 is 10.0 Å². The number of nitrogens with zero attached hydrogens (tertiary/aromatic N) is 2. The van der Waals surface area contributed by atoms with Crippen molar-refractivity contribution in [2.75, 3.05) is 51.6 Å². The van der Waals surface area contributed by atoms with E-state index in [-0.39, 0.29) is 6.61 Å². The first kappa shape index (κ1) is 15.8.